The Bertz CT molecular complexity index is 1220. The summed E-state index contributed by atoms with van der Waals surface area (Å²) in [5.41, 5.74) is 0.277. The van der Waals surface area contributed by atoms with E-state index in [-0.39, 0.29) is 16.5 Å². The zero-order chi connectivity index (χ0) is 21.4. The van der Waals surface area contributed by atoms with Gasteiger partial charge in [0, 0.05) is 17.7 Å². The van der Waals surface area contributed by atoms with Crippen LogP contribution in [-0.4, -0.2) is 25.9 Å². The number of nitrogens with zero attached hydrogens (tertiary/aromatic N) is 3. The van der Waals surface area contributed by atoms with Gasteiger partial charge in [0.05, 0.1) is 19.9 Å². The summed E-state index contributed by atoms with van der Waals surface area (Å²) in [6, 6.07) is 7.35. The summed E-state index contributed by atoms with van der Waals surface area (Å²) in [5, 5.41) is 29.1. The number of benzene rings is 1. The van der Waals surface area contributed by atoms with E-state index in [1.54, 1.807) is 18.2 Å². The SMILES string of the molecule is CCc1nnc([C@@H]2C(=N)S/C(=C\c3ccc(-c4cc([N+](=O)[O-])ccc4Cl)o3)C2=O)s1. The van der Waals surface area contributed by atoms with E-state index < -0.39 is 10.8 Å². The second-order valence-corrected chi connectivity index (χ2v) is 8.87. The monoisotopic (exact) mass is 460 g/mol. The number of ketones is 1. The fourth-order valence-corrected chi connectivity index (χ4v) is 5.00. The van der Waals surface area contributed by atoms with Gasteiger partial charge in [-0.2, -0.15) is 0 Å². The van der Waals surface area contributed by atoms with Crippen molar-refractivity contribution in [2.45, 2.75) is 19.3 Å². The van der Waals surface area contributed by atoms with Gasteiger partial charge in [-0.15, -0.1) is 21.5 Å². The van der Waals surface area contributed by atoms with Crippen LogP contribution in [0.15, 0.2) is 39.7 Å². The molecule has 0 spiro atoms. The lowest BCUT2D eigenvalue weighted by molar-refractivity contribution is -0.384. The number of carbonyl (C=O) groups excluding carboxylic acids is 1. The van der Waals surface area contributed by atoms with Crippen molar-refractivity contribution in [1.29, 1.82) is 5.41 Å². The highest BCUT2D eigenvalue weighted by atomic mass is 35.5. The van der Waals surface area contributed by atoms with Crippen molar-refractivity contribution in [2.75, 3.05) is 0 Å². The highest BCUT2D eigenvalue weighted by molar-refractivity contribution is 8.19. The molecule has 1 saturated heterocycles. The summed E-state index contributed by atoms with van der Waals surface area (Å²) in [4.78, 5) is 23.7. The molecule has 4 rings (SSSR count). The second kappa shape index (κ2) is 8.13. The Labute approximate surface area is 183 Å². The molecule has 3 aromatic rings. The van der Waals surface area contributed by atoms with Gasteiger partial charge in [-0.05, 0) is 30.7 Å². The normalized spacial score (nSPS) is 17.8. The van der Waals surface area contributed by atoms with Crippen LogP contribution in [0.5, 0.6) is 0 Å². The van der Waals surface area contributed by atoms with Crippen LogP contribution in [0.3, 0.4) is 0 Å². The quantitative estimate of drug-likeness (QED) is 0.309. The van der Waals surface area contributed by atoms with Crippen molar-refractivity contribution < 1.29 is 14.1 Å². The van der Waals surface area contributed by atoms with Gasteiger partial charge in [0.15, 0.2) is 5.78 Å². The molecular formula is C19H13ClN4O4S2. The van der Waals surface area contributed by atoms with E-state index in [0.717, 1.165) is 23.2 Å². The van der Waals surface area contributed by atoms with Crippen LogP contribution in [-0.2, 0) is 11.2 Å². The summed E-state index contributed by atoms with van der Waals surface area (Å²) in [6.45, 7) is 1.95. The molecule has 1 aromatic carbocycles. The molecule has 0 bridgehead atoms. The smallest absolute Gasteiger partial charge is 0.270 e. The summed E-state index contributed by atoms with van der Waals surface area (Å²) < 4.78 is 5.75. The second-order valence-electron chi connectivity index (χ2n) is 6.28. The molecule has 1 N–H and O–H groups in total. The molecule has 152 valence electrons. The summed E-state index contributed by atoms with van der Waals surface area (Å²) in [6.07, 6.45) is 2.27. The molecule has 11 heteroatoms. The first-order valence-corrected chi connectivity index (χ1v) is 10.8. The van der Waals surface area contributed by atoms with Crippen LogP contribution in [0.2, 0.25) is 5.02 Å². The van der Waals surface area contributed by atoms with Gasteiger partial charge >= 0.3 is 0 Å². The number of thioether (sulfide) groups is 1. The molecule has 3 heterocycles. The third-order valence-corrected chi connectivity index (χ3v) is 6.80. The van der Waals surface area contributed by atoms with Crippen LogP contribution in [0.25, 0.3) is 17.4 Å². The van der Waals surface area contributed by atoms with Crippen molar-refractivity contribution in [3.63, 3.8) is 0 Å². The summed E-state index contributed by atoms with van der Waals surface area (Å²) in [5.74, 6) is -0.243. The number of aromatic nitrogens is 2. The van der Waals surface area contributed by atoms with Crippen LogP contribution in [0, 0.1) is 15.5 Å². The van der Waals surface area contributed by atoms with E-state index in [1.165, 1.54) is 29.5 Å². The minimum atomic E-state index is -0.736. The van der Waals surface area contributed by atoms with Crippen molar-refractivity contribution in [2.24, 2.45) is 0 Å². The number of nitro groups is 1. The minimum absolute atomic E-state index is 0.105. The van der Waals surface area contributed by atoms with Crippen LogP contribution in [0.1, 0.15) is 28.6 Å². The van der Waals surface area contributed by atoms with Crippen LogP contribution >= 0.6 is 34.7 Å². The molecule has 0 amide bonds. The van der Waals surface area contributed by atoms with E-state index in [0.29, 0.717) is 32.0 Å². The number of hydrogen-bond acceptors (Lipinski definition) is 9. The standard InChI is InChI=1S/C19H13ClN4O4S2/c1-2-15-22-23-19(30-15)16-17(25)14(29-18(16)21)8-10-4-6-13(28-10)11-7-9(24(26)27)3-5-12(11)20/h3-8,16,21H,2H2,1H3/b14-8-,21-18?/t16-/m0/s1. The average Bonchev–Trinajstić information content (AvgIpc) is 3.42. The van der Waals surface area contributed by atoms with E-state index in [9.17, 15) is 14.9 Å². The molecule has 0 saturated carbocycles. The number of Topliss-reactive ketones (excluding diaryl/α,β-unsaturated/α-hetero) is 1. The number of nitrogens with one attached hydrogen (secondary N) is 1. The fourth-order valence-electron chi connectivity index (χ4n) is 2.86. The highest BCUT2D eigenvalue weighted by Gasteiger charge is 2.39. The number of halogens is 1. The first-order valence-electron chi connectivity index (χ1n) is 8.76. The molecule has 0 aliphatic carbocycles. The maximum Gasteiger partial charge on any atom is 0.270 e. The first-order chi connectivity index (χ1) is 14.4. The van der Waals surface area contributed by atoms with Gasteiger partial charge in [0.25, 0.3) is 5.69 Å². The Morgan fingerprint density at radius 1 is 1.33 bits per heavy atom. The number of aryl methyl sites for hydroxylation is 1. The van der Waals surface area contributed by atoms with Crippen molar-refractivity contribution in [3.05, 3.63) is 66.1 Å². The number of nitro benzene ring substituents is 1. The van der Waals surface area contributed by atoms with Gasteiger partial charge in [0.2, 0.25) is 0 Å². The van der Waals surface area contributed by atoms with E-state index in [2.05, 4.69) is 10.2 Å². The Morgan fingerprint density at radius 3 is 2.83 bits per heavy atom. The largest absolute Gasteiger partial charge is 0.457 e. The van der Waals surface area contributed by atoms with Gasteiger partial charge in [-0.1, -0.05) is 30.3 Å². The number of allylic oxidation sites excluding steroid dienone is 1. The predicted molar refractivity (Wildman–Crippen MR) is 116 cm³/mol. The molecule has 1 atom stereocenters. The fraction of sp³-hybridized carbons (Fsp3) is 0.158. The molecule has 2 aromatic heterocycles. The third-order valence-electron chi connectivity index (χ3n) is 4.35. The van der Waals surface area contributed by atoms with Gasteiger partial charge in [0.1, 0.15) is 27.5 Å². The summed E-state index contributed by atoms with van der Waals surface area (Å²) in [7, 11) is 0. The number of furan rings is 1. The number of hydrogen-bond donors (Lipinski definition) is 1. The molecule has 1 aliphatic heterocycles. The summed E-state index contributed by atoms with van der Waals surface area (Å²) >= 11 is 8.56. The number of non-ortho nitro benzene ring substituents is 1. The Kier molecular flexibility index (Phi) is 5.54. The number of rotatable bonds is 5. The number of carbonyl (C=O) groups is 1. The average molecular weight is 461 g/mol. The van der Waals surface area contributed by atoms with Crippen LogP contribution in [0.4, 0.5) is 5.69 Å². The lowest BCUT2D eigenvalue weighted by Gasteiger charge is -2.01. The molecule has 8 nitrogen and oxygen atoms in total. The Hall–Kier alpha value is -2.82. The van der Waals surface area contributed by atoms with Gasteiger partial charge < -0.3 is 4.42 Å². The molecule has 0 unspecified atom stereocenters. The predicted octanol–water partition coefficient (Wildman–Crippen LogP) is 5.34. The van der Waals surface area contributed by atoms with E-state index in [1.807, 2.05) is 6.92 Å². The molecule has 1 fully saturated rings. The van der Waals surface area contributed by atoms with Gasteiger partial charge in [-0.25, -0.2) is 0 Å². The zero-order valence-electron chi connectivity index (χ0n) is 15.4. The van der Waals surface area contributed by atoms with Gasteiger partial charge in [-0.3, -0.25) is 20.3 Å². The molecule has 0 radical (unpaired) electrons. The van der Waals surface area contributed by atoms with E-state index >= 15 is 0 Å². The van der Waals surface area contributed by atoms with Crippen LogP contribution < -0.4 is 0 Å². The van der Waals surface area contributed by atoms with Crippen molar-refractivity contribution in [1.82, 2.24) is 10.2 Å². The first kappa shape index (κ1) is 20.5. The third kappa shape index (κ3) is 3.81. The lowest BCUT2D eigenvalue weighted by atomic mass is 10.1. The highest BCUT2D eigenvalue weighted by Crippen LogP contribution is 2.42. The minimum Gasteiger partial charge on any atom is -0.457 e. The maximum atomic E-state index is 12.8. The van der Waals surface area contributed by atoms with Crippen molar-refractivity contribution in [3.8, 4) is 11.3 Å². The topological polar surface area (TPSA) is 123 Å². The van der Waals surface area contributed by atoms with E-state index in [4.69, 9.17) is 21.4 Å². The lowest BCUT2D eigenvalue weighted by Crippen LogP contribution is -2.11. The Balaban J connectivity index is 1.62. The molecular weight excluding hydrogens is 448 g/mol. The Morgan fingerprint density at radius 2 is 2.13 bits per heavy atom. The molecule has 30 heavy (non-hydrogen) atoms. The van der Waals surface area contributed by atoms with Crippen molar-refractivity contribution >= 4 is 57.3 Å². The zero-order valence-corrected chi connectivity index (χ0v) is 17.8. The maximum absolute atomic E-state index is 12.8. The molecule has 1 aliphatic rings.